The van der Waals surface area contributed by atoms with E-state index >= 15 is 0 Å². The van der Waals surface area contributed by atoms with Gasteiger partial charge in [0.25, 0.3) is 0 Å². The average Bonchev–Trinajstić information content (AvgIpc) is 2.67. The third-order valence-corrected chi connectivity index (χ3v) is 2.78. The molecule has 1 aromatic heterocycles. The molecule has 0 aromatic carbocycles. The van der Waals surface area contributed by atoms with E-state index in [1.807, 2.05) is 0 Å². The Morgan fingerprint density at radius 2 is 2.43 bits per heavy atom. The van der Waals surface area contributed by atoms with Crippen LogP contribution in [0.15, 0.2) is 12.4 Å². The first-order chi connectivity index (χ1) is 6.60. The molecule has 1 heterocycles. The Labute approximate surface area is 86.5 Å². The number of halogens is 1. The van der Waals surface area contributed by atoms with Gasteiger partial charge in [0.2, 0.25) is 0 Å². The number of nitrogens with zero attached hydrogens (tertiary/aromatic N) is 2. The summed E-state index contributed by atoms with van der Waals surface area (Å²) < 4.78 is 1.72. The van der Waals surface area contributed by atoms with Gasteiger partial charge < -0.3 is 5.11 Å². The Kier molecular flexibility index (Phi) is 2.23. The molecule has 0 bridgehead atoms. The summed E-state index contributed by atoms with van der Waals surface area (Å²) >= 11 is 5.72. The quantitative estimate of drug-likeness (QED) is 0.832. The zero-order valence-electron chi connectivity index (χ0n) is 7.61. The van der Waals surface area contributed by atoms with Crippen LogP contribution >= 0.6 is 11.6 Å². The zero-order chi connectivity index (χ0) is 10.2. The summed E-state index contributed by atoms with van der Waals surface area (Å²) in [5, 5.41) is 13.4. The highest BCUT2D eigenvalue weighted by Crippen LogP contribution is 2.50. The second-order valence-corrected chi connectivity index (χ2v) is 4.36. The van der Waals surface area contributed by atoms with Crippen LogP contribution in [0.3, 0.4) is 0 Å². The summed E-state index contributed by atoms with van der Waals surface area (Å²) in [6.07, 6.45) is 5.46. The minimum absolute atomic E-state index is 0.0683. The van der Waals surface area contributed by atoms with Gasteiger partial charge >= 0.3 is 5.97 Å². The van der Waals surface area contributed by atoms with E-state index in [0.29, 0.717) is 11.6 Å². The molecular weight excluding hydrogens is 204 g/mol. The van der Waals surface area contributed by atoms with Gasteiger partial charge in [-0.2, -0.15) is 5.10 Å². The number of carboxylic acid groups (broad SMARTS) is 1. The summed E-state index contributed by atoms with van der Waals surface area (Å²) in [7, 11) is 0. The molecule has 0 atom stereocenters. The van der Waals surface area contributed by atoms with Crippen molar-refractivity contribution in [3.8, 4) is 0 Å². The van der Waals surface area contributed by atoms with Gasteiger partial charge in [-0.15, -0.1) is 0 Å². The second kappa shape index (κ2) is 3.28. The van der Waals surface area contributed by atoms with Gasteiger partial charge in [0.15, 0.2) is 0 Å². The van der Waals surface area contributed by atoms with Crippen molar-refractivity contribution >= 4 is 17.6 Å². The third-order valence-electron chi connectivity index (χ3n) is 2.58. The van der Waals surface area contributed by atoms with E-state index < -0.39 is 5.97 Å². The Hall–Kier alpha value is -1.03. The van der Waals surface area contributed by atoms with Crippen LogP contribution in [0.5, 0.6) is 0 Å². The third kappa shape index (κ3) is 2.07. The van der Waals surface area contributed by atoms with Crippen molar-refractivity contribution in [1.82, 2.24) is 9.78 Å². The van der Waals surface area contributed by atoms with E-state index in [1.165, 1.54) is 0 Å². The fourth-order valence-electron chi connectivity index (χ4n) is 1.66. The van der Waals surface area contributed by atoms with Crippen LogP contribution in [0, 0.1) is 5.41 Å². The van der Waals surface area contributed by atoms with E-state index in [-0.39, 0.29) is 11.8 Å². The molecular formula is C9H11ClN2O2. The predicted molar refractivity (Wildman–Crippen MR) is 51.2 cm³/mol. The van der Waals surface area contributed by atoms with Gasteiger partial charge in [0.05, 0.1) is 17.6 Å². The molecule has 1 aliphatic carbocycles. The highest BCUT2D eigenvalue weighted by molar-refractivity contribution is 6.30. The number of aliphatic carboxylic acids is 1. The molecule has 0 radical (unpaired) electrons. The molecule has 76 valence electrons. The molecule has 4 nitrogen and oxygen atoms in total. The molecule has 0 aliphatic heterocycles. The van der Waals surface area contributed by atoms with Crippen LogP contribution in [0.2, 0.25) is 5.02 Å². The molecule has 2 rings (SSSR count). The number of carbonyl (C=O) groups is 1. The van der Waals surface area contributed by atoms with Crippen molar-refractivity contribution in [1.29, 1.82) is 0 Å². The lowest BCUT2D eigenvalue weighted by Crippen LogP contribution is -2.16. The summed E-state index contributed by atoms with van der Waals surface area (Å²) in [5.41, 5.74) is -0.0683. The normalized spacial score (nSPS) is 18.1. The van der Waals surface area contributed by atoms with Crippen molar-refractivity contribution < 1.29 is 9.90 Å². The average molecular weight is 215 g/mol. The van der Waals surface area contributed by atoms with E-state index in [2.05, 4.69) is 5.10 Å². The van der Waals surface area contributed by atoms with Crippen LogP contribution in [-0.2, 0) is 11.3 Å². The Morgan fingerprint density at radius 1 is 1.71 bits per heavy atom. The monoisotopic (exact) mass is 214 g/mol. The summed E-state index contributed by atoms with van der Waals surface area (Å²) in [6.45, 7) is 0.659. The van der Waals surface area contributed by atoms with Gasteiger partial charge in [-0.05, 0) is 12.8 Å². The lowest BCUT2D eigenvalue weighted by atomic mass is 10.0. The Balaban J connectivity index is 2.00. The van der Waals surface area contributed by atoms with E-state index in [0.717, 1.165) is 12.8 Å². The number of aromatic nitrogens is 2. The molecule has 0 spiro atoms. The molecule has 0 saturated heterocycles. The molecule has 0 amide bonds. The van der Waals surface area contributed by atoms with Gasteiger partial charge in [-0.1, -0.05) is 11.6 Å². The Morgan fingerprint density at radius 3 is 2.86 bits per heavy atom. The minimum Gasteiger partial charge on any atom is -0.481 e. The van der Waals surface area contributed by atoms with Gasteiger partial charge in [0, 0.05) is 18.2 Å². The molecule has 1 N–H and O–H groups in total. The fourth-order valence-corrected chi connectivity index (χ4v) is 1.81. The SMILES string of the molecule is O=C(O)CC1(Cn2cc(Cl)cn2)CC1. The number of carboxylic acids is 1. The van der Waals surface area contributed by atoms with E-state index in [9.17, 15) is 4.79 Å². The van der Waals surface area contributed by atoms with Crippen LogP contribution in [-0.4, -0.2) is 20.9 Å². The zero-order valence-corrected chi connectivity index (χ0v) is 8.37. The predicted octanol–water partition coefficient (Wildman–Crippen LogP) is 1.79. The van der Waals surface area contributed by atoms with E-state index in [4.69, 9.17) is 16.7 Å². The van der Waals surface area contributed by atoms with Crippen molar-refractivity contribution in [2.45, 2.75) is 25.8 Å². The molecule has 1 aromatic rings. The summed E-state index contributed by atoms with van der Waals surface area (Å²) in [4.78, 5) is 10.6. The fraction of sp³-hybridized carbons (Fsp3) is 0.556. The first kappa shape index (κ1) is 9.52. The maximum Gasteiger partial charge on any atom is 0.303 e. The van der Waals surface area contributed by atoms with Crippen molar-refractivity contribution in [2.24, 2.45) is 5.41 Å². The van der Waals surface area contributed by atoms with Gasteiger partial charge in [-0.3, -0.25) is 9.48 Å². The largest absolute Gasteiger partial charge is 0.481 e. The van der Waals surface area contributed by atoms with Crippen LogP contribution in [0.25, 0.3) is 0 Å². The highest BCUT2D eigenvalue weighted by atomic mass is 35.5. The number of rotatable bonds is 4. The Bertz CT molecular complexity index is 357. The number of hydrogen-bond acceptors (Lipinski definition) is 2. The molecule has 1 aliphatic rings. The van der Waals surface area contributed by atoms with Crippen molar-refractivity contribution in [3.63, 3.8) is 0 Å². The van der Waals surface area contributed by atoms with Gasteiger partial charge in [-0.25, -0.2) is 0 Å². The molecule has 1 saturated carbocycles. The lowest BCUT2D eigenvalue weighted by molar-refractivity contribution is -0.138. The smallest absolute Gasteiger partial charge is 0.303 e. The van der Waals surface area contributed by atoms with Crippen molar-refractivity contribution in [2.75, 3.05) is 0 Å². The molecule has 0 unspecified atom stereocenters. The van der Waals surface area contributed by atoms with E-state index in [1.54, 1.807) is 17.1 Å². The minimum atomic E-state index is -0.735. The standard InChI is InChI=1S/C9H11ClN2O2/c10-7-4-11-12(5-7)6-9(1-2-9)3-8(13)14/h4-5H,1-3,6H2,(H,13,14). The molecule has 14 heavy (non-hydrogen) atoms. The van der Waals surface area contributed by atoms with Crippen LogP contribution in [0.4, 0.5) is 0 Å². The molecule has 5 heteroatoms. The highest BCUT2D eigenvalue weighted by Gasteiger charge is 2.44. The maximum absolute atomic E-state index is 10.6. The molecule has 1 fully saturated rings. The lowest BCUT2D eigenvalue weighted by Gasteiger charge is -2.11. The topological polar surface area (TPSA) is 55.1 Å². The number of hydrogen-bond donors (Lipinski definition) is 1. The van der Waals surface area contributed by atoms with Crippen LogP contribution < -0.4 is 0 Å². The maximum atomic E-state index is 10.6. The van der Waals surface area contributed by atoms with Crippen molar-refractivity contribution in [3.05, 3.63) is 17.4 Å². The summed E-state index contributed by atoms with van der Waals surface area (Å²) in [5.74, 6) is -0.735. The first-order valence-corrected chi connectivity index (χ1v) is 4.87. The summed E-state index contributed by atoms with van der Waals surface area (Å²) in [6, 6.07) is 0. The second-order valence-electron chi connectivity index (χ2n) is 3.93. The van der Waals surface area contributed by atoms with Crippen LogP contribution in [0.1, 0.15) is 19.3 Å². The van der Waals surface area contributed by atoms with Gasteiger partial charge in [0.1, 0.15) is 0 Å². The first-order valence-electron chi connectivity index (χ1n) is 4.49.